The number of halogens is 1. The Morgan fingerprint density at radius 3 is 2.39 bits per heavy atom. The molecule has 0 fully saturated rings. The van der Waals surface area contributed by atoms with Gasteiger partial charge in [-0.25, -0.2) is 9.18 Å². The molecule has 0 saturated heterocycles. The first-order valence-electron chi connectivity index (χ1n) is 5.18. The van der Waals surface area contributed by atoms with Crippen LogP contribution in [0.4, 0.5) is 4.39 Å². The van der Waals surface area contributed by atoms with Crippen LogP contribution in [-0.4, -0.2) is 32.6 Å². The average molecular weight is 256 g/mol. The molecular formula is C12H13FO5. The molecule has 5 nitrogen and oxygen atoms in total. The number of ketones is 1. The van der Waals surface area contributed by atoms with E-state index >= 15 is 0 Å². The average Bonchev–Trinajstić information content (AvgIpc) is 2.36. The zero-order chi connectivity index (χ0) is 13.7. The van der Waals surface area contributed by atoms with Gasteiger partial charge in [0.25, 0.3) is 5.78 Å². The zero-order valence-electron chi connectivity index (χ0n) is 10.3. The molecule has 0 heterocycles. The lowest BCUT2D eigenvalue weighted by Gasteiger charge is -2.11. The van der Waals surface area contributed by atoms with Crippen LogP contribution >= 0.6 is 0 Å². The van der Waals surface area contributed by atoms with E-state index in [1.165, 1.54) is 14.2 Å². The van der Waals surface area contributed by atoms with E-state index < -0.39 is 17.6 Å². The molecule has 0 atom stereocenters. The monoisotopic (exact) mass is 256 g/mol. The van der Waals surface area contributed by atoms with Crippen molar-refractivity contribution in [3.05, 3.63) is 23.5 Å². The van der Waals surface area contributed by atoms with Crippen LogP contribution in [-0.2, 0) is 9.53 Å². The first kappa shape index (κ1) is 14.0. The molecule has 1 aromatic rings. The summed E-state index contributed by atoms with van der Waals surface area (Å²) < 4.78 is 27.7. The number of rotatable bonds is 5. The summed E-state index contributed by atoms with van der Waals surface area (Å²) in [5, 5.41) is 0. The third-order valence-electron chi connectivity index (χ3n) is 2.15. The Morgan fingerprint density at radius 2 is 1.89 bits per heavy atom. The Labute approximate surface area is 103 Å². The smallest absolute Gasteiger partial charge is 0.379 e. The number of hydrogen-bond acceptors (Lipinski definition) is 5. The van der Waals surface area contributed by atoms with Crippen LogP contribution in [0, 0.1) is 5.82 Å². The second kappa shape index (κ2) is 6.00. The van der Waals surface area contributed by atoms with Gasteiger partial charge >= 0.3 is 5.97 Å². The summed E-state index contributed by atoms with van der Waals surface area (Å²) in [6, 6.07) is 1.96. The number of esters is 1. The van der Waals surface area contributed by atoms with Gasteiger partial charge in [-0.05, 0) is 13.0 Å². The minimum atomic E-state index is -1.07. The lowest BCUT2D eigenvalue weighted by atomic mass is 10.1. The van der Waals surface area contributed by atoms with Crippen molar-refractivity contribution in [2.75, 3.05) is 20.8 Å². The van der Waals surface area contributed by atoms with Crippen molar-refractivity contribution in [3.8, 4) is 11.5 Å². The van der Waals surface area contributed by atoms with Crippen LogP contribution in [0.5, 0.6) is 11.5 Å². The quantitative estimate of drug-likeness (QED) is 0.455. The van der Waals surface area contributed by atoms with E-state index in [0.717, 1.165) is 12.1 Å². The van der Waals surface area contributed by atoms with E-state index in [4.69, 9.17) is 9.47 Å². The van der Waals surface area contributed by atoms with Gasteiger partial charge in [0.2, 0.25) is 0 Å². The van der Waals surface area contributed by atoms with Gasteiger partial charge in [-0.15, -0.1) is 0 Å². The molecule has 1 aromatic carbocycles. The summed E-state index contributed by atoms with van der Waals surface area (Å²) in [6.45, 7) is 1.62. The molecule has 0 aliphatic rings. The largest absolute Gasteiger partial charge is 0.493 e. The molecule has 0 aromatic heterocycles. The van der Waals surface area contributed by atoms with Gasteiger partial charge in [0.15, 0.2) is 11.5 Å². The normalized spacial score (nSPS) is 9.78. The predicted octanol–water partition coefficient (Wildman–Crippen LogP) is 1.59. The van der Waals surface area contributed by atoms with Crippen LogP contribution in [0.15, 0.2) is 12.1 Å². The minimum absolute atomic E-state index is 0.00282. The van der Waals surface area contributed by atoms with Crippen LogP contribution in [0.1, 0.15) is 17.3 Å². The number of Topliss-reactive ketones (excluding diaryl/α,β-unsaturated/α-hetero) is 1. The standard InChI is InChI=1S/C12H13FO5/c1-4-18-12(15)10(14)8-5-7(13)6-9(16-2)11(8)17-3/h5-6H,4H2,1-3H3. The van der Waals surface area contributed by atoms with Gasteiger partial charge in [-0.2, -0.15) is 0 Å². The molecular weight excluding hydrogens is 243 g/mol. The molecule has 98 valence electrons. The SMILES string of the molecule is CCOC(=O)C(=O)c1cc(F)cc(OC)c1OC. The molecule has 0 saturated carbocycles. The Bertz CT molecular complexity index is 470. The van der Waals surface area contributed by atoms with Crippen molar-refractivity contribution >= 4 is 11.8 Å². The number of carbonyl (C=O) groups excluding carboxylic acids is 2. The lowest BCUT2D eigenvalue weighted by Crippen LogP contribution is -2.18. The molecule has 0 radical (unpaired) electrons. The van der Waals surface area contributed by atoms with E-state index in [1.807, 2.05) is 0 Å². The summed E-state index contributed by atoms with van der Waals surface area (Å²) in [4.78, 5) is 23.1. The second-order valence-electron chi connectivity index (χ2n) is 3.24. The maximum absolute atomic E-state index is 13.3. The number of carbonyl (C=O) groups is 2. The summed E-state index contributed by atoms with van der Waals surface area (Å²) in [5.41, 5.74) is -0.229. The zero-order valence-corrected chi connectivity index (χ0v) is 10.3. The third kappa shape index (κ3) is 2.77. The van der Waals surface area contributed by atoms with Crippen molar-refractivity contribution in [2.45, 2.75) is 6.92 Å². The Balaban J connectivity index is 3.26. The highest BCUT2D eigenvalue weighted by atomic mass is 19.1. The van der Waals surface area contributed by atoms with Gasteiger partial charge in [0, 0.05) is 6.07 Å². The Morgan fingerprint density at radius 1 is 1.22 bits per heavy atom. The molecule has 1 rings (SSSR count). The third-order valence-corrected chi connectivity index (χ3v) is 2.15. The van der Waals surface area contributed by atoms with Crippen molar-refractivity contribution in [3.63, 3.8) is 0 Å². The first-order chi connectivity index (χ1) is 8.54. The number of hydrogen-bond donors (Lipinski definition) is 0. The fraction of sp³-hybridized carbons (Fsp3) is 0.333. The Kier molecular flexibility index (Phi) is 4.65. The van der Waals surface area contributed by atoms with Crippen molar-refractivity contribution in [1.29, 1.82) is 0 Å². The highest BCUT2D eigenvalue weighted by Gasteiger charge is 2.25. The summed E-state index contributed by atoms with van der Waals surface area (Å²) >= 11 is 0. The van der Waals surface area contributed by atoms with E-state index in [9.17, 15) is 14.0 Å². The summed E-state index contributed by atoms with van der Waals surface area (Å²) in [5.74, 6) is -2.72. The van der Waals surface area contributed by atoms with E-state index in [2.05, 4.69) is 4.74 Å². The highest BCUT2D eigenvalue weighted by molar-refractivity contribution is 6.41. The highest BCUT2D eigenvalue weighted by Crippen LogP contribution is 2.32. The summed E-state index contributed by atoms with van der Waals surface area (Å²) in [7, 11) is 2.59. The van der Waals surface area contributed by atoms with Crippen molar-refractivity contribution in [2.24, 2.45) is 0 Å². The summed E-state index contributed by atoms with van der Waals surface area (Å²) in [6.07, 6.45) is 0. The van der Waals surface area contributed by atoms with Gasteiger partial charge in [0.05, 0.1) is 26.4 Å². The van der Waals surface area contributed by atoms with E-state index in [0.29, 0.717) is 0 Å². The van der Waals surface area contributed by atoms with Gasteiger partial charge in [0.1, 0.15) is 5.82 Å². The topological polar surface area (TPSA) is 61.8 Å². The van der Waals surface area contributed by atoms with Crippen LogP contribution in [0.3, 0.4) is 0 Å². The molecule has 0 aliphatic heterocycles. The predicted molar refractivity (Wildman–Crippen MR) is 60.5 cm³/mol. The number of ether oxygens (including phenoxy) is 3. The van der Waals surface area contributed by atoms with Crippen LogP contribution in [0.2, 0.25) is 0 Å². The molecule has 0 unspecified atom stereocenters. The number of methoxy groups -OCH3 is 2. The van der Waals surface area contributed by atoms with E-state index in [1.54, 1.807) is 6.92 Å². The van der Waals surface area contributed by atoms with Gasteiger partial charge in [-0.1, -0.05) is 0 Å². The molecule has 0 amide bonds. The molecule has 18 heavy (non-hydrogen) atoms. The minimum Gasteiger partial charge on any atom is -0.493 e. The molecule has 0 N–H and O–H groups in total. The first-order valence-corrected chi connectivity index (χ1v) is 5.18. The fourth-order valence-corrected chi connectivity index (χ4v) is 1.41. The van der Waals surface area contributed by atoms with Crippen molar-refractivity contribution < 1.29 is 28.2 Å². The van der Waals surface area contributed by atoms with Crippen LogP contribution in [0.25, 0.3) is 0 Å². The molecule has 0 spiro atoms. The van der Waals surface area contributed by atoms with Gasteiger partial charge < -0.3 is 14.2 Å². The maximum Gasteiger partial charge on any atom is 0.379 e. The van der Waals surface area contributed by atoms with Crippen molar-refractivity contribution in [1.82, 2.24) is 0 Å². The fourth-order valence-electron chi connectivity index (χ4n) is 1.41. The second-order valence-corrected chi connectivity index (χ2v) is 3.24. The maximum atomic E-state index is 13.3. The Hall–Kier alpha value is -2.11. The molecule has 0 bridgehead atoms. The number of benzene rings is 1. The van der Waals surface area contributed by atoms with E-state index in [-0.39, 0.29) is 23.7 Å². The van der Waals surface area contributed by atoms with Gasteiger partial charge in [-0.3, -0.25) is 4.79 Å². The molecule has 6 heteroatoms. The lowest BCUT2D eigenvalue weighted by molar-refractivity contribution is -0.137. The van der Waals surface area contributed by atoms with Crippen LogP contribution < -0.4 is 9.47 Å². The molecule has 0 aliphatic carbocycles.